The van der Waals surface area contributed by atoms with E-state index in [2.05, 4.69) is 121 Å². The summed E-state index contributed by atoms with van der Waals surface area (Å²) in [7, 11) is 0. The summed E-state index contributed by atoms with van der Waals surface area (Å²) >= 11 is 10.9. The topological polar surface area (TPSA) is 0 Å². The van der Waals surface area contributed by atoms with Crippen LogP contribution >= 0.6 is 47.8 Å². The van der Waals surface area contributed by atoms with Gasteiger partial charge >= 0.3 is 0 Å². The van der Waals surface area contributed by atoms with E-state index in [0.29, 0.717) is 0 Å². The Morgan fingerprint density at radius 2 is 1.33 bits per heavy atom. The molecule has 0 amide bonds. The lowest BCUT2D eigenvalue weighted by atomic mass is 9.98. The van der Waals surface area contributed by atoms with Crippen LogP contribution in [0, 0.1) is 0 Å². The van der Waals surface area contributed by atoms with Crippen molar-refractivity contribution < 1.29 is 0 Å². The molecule has 3 aromatic carbocycles. The van der Waals surface area contributed by atoms with Crippen LogP contribution < -0.4 is 0 Å². The summed E-state index contributed by atoms with van der Waals surface area (Å²) in [5, 5.41) is 0.897. The molecule has 0 fully saturated rings. The van der Waals surface area contributed by atoms with Crippen LogP contribution in [0.2, 0.25) is 0 Å². The molecule has 0 N–H and O–H groups in total. The summed E-state index contributed by atoms with van der Waals surface area (Å²) in [5.41, 5.74) is 6.54. The molecule has 1 unspecified atom stereocenters. The lowest BCUT2D eigenvalue weighted by molar-refractivity contribution is 1.13. The van der Waals surface area contributed by atoms with Crippen LogP contribution in [0.4, 0.5) is 0 Å². The molecule has 0 heterocycles. The van der Waals surface area contributed by atoms with Crippen molar-refractivity contribution in [1.82, 2.24) is 0 Å². The zero-order valence-electron chi connectivity index (χ0n) is 13.1. The van der Waals surface area contributed by atoms with E-state index in [1.807, 2.05) is 0 Å². The first-order valence-corrected chi connectivity index (χ1v) is 10.6. The van der Waals surface area contributed by atoms with Crippen LogP contribution in [0.1, 0.15) is 32.6 Å². The third kappa shape index (κ3) is 4.59. The Bertz CT molecular complexity index is 809. The van der Waals surface area contributed by atoms with Crippen molar-refractivity contribution in [2.75, 3.05) is 0 Å². The van der Waals surface area contributed by atoms with E-state index in [1.165, 1.54) is 27.8 Å². The number of hydrogen-bond donors (Lipinski definition) is 0. The van der Waals surface area contributed by atoms with Crippen LogP contribution in [-0.4, -0.2) is 0 Å². The minimum Gasteiger partial charge on any atom is -0.0876 e. The molecule has 0 radical (unpaired) electrons. The SMILES string of the molecule is BrCc1cccc(Cc2cccc(C(Br)c3ccc(Br)cc3)c2)c1. The number of alkyl halides is 2. The minimum absolute atomic E-state index is 0.208. The maximum atomic E-state index is 3.84. The Morgan fingerprint density at radius 1 is 0.708 bits per heavy atom. The first kappa shape index (κ1) is 17.9. The summed E-state index contributed by atoms with van der Waals surface area (Å²) in [6, 6.07) is 26.0. The number of benzene rings is 3. The van der Waals surface area contributed by atoms with Crippen molar-refractivity contribution in [1.29, 1.82) is 0 Å². The highest BCUT2D eigenvalue weighted by Crippen LogP contribution is 2.32. The van der Waals surface area contributed by atoms with Crippen LogP contribution in [0.5, 0.6) is 0 Å². The van der Waals surface area contributed by atoms with E-state index in [4.69, 9.17) is 0 Å². The summed E-state index contributed by atoms with van der Waals surface area (Å²) in [6.07, 6.45) is 0.953. The van der Waals surface area contributed by atoms with Gasteiger partial charge in [-0.05, 0) is 46.4 Å². The first-order chi connectivity index (χ1) is 11.7. The normalized spacial score (nSPS) is 12.1. The van der Waals surface area contributed by atoms with Gasteiger partial charge in [0.15, 0.2) is 0 Å². The van der Waals surface area contributed by atoms with Crippen molar-refractivity contribution in [2.45, 2.75) is 16.6 Å². The van der Waals surface area contributed by atoms with E-state index < -0.39 is 0 Å². The Morgan fingerprint density at radius 3 is 2.04 bits per heavy atom. The van der Waals surface area contributed by atoms with Gasteiger partial charge in [0.05, 0.1) is 4.83 Å². The number of hydrogen-bond acceptors (Lipinski definition) is 0. The molecule has 3 rings (SSSR count). The average Bonchev–Trinajstić information content (AvgIpc) is 2.62. The van der Waals surface area contributed by atoms with Crippen molar-refractivity contribution in [3.63, 3.8) is 0 Å². The Hall–Kier alpha value is -0.900. The minimum atomic E-state index is 0.208. The van der Waals surface area contributed by atoms with E-state index >= 15 is 0 Å². The second-order valence-corrected chi connectivity index (χ2v) is 8.18. The average molecular weight is 509 g/mol. The van der Waals surface area contributed by atoms with E-state index in [-0.39, 0.29) is 4.83 Å². The maximum absolute atomic E-state index is 3.84. The van der Waals surface area contributed by atoms with Gasteiger partial charge in [-0.1, -0.05) is 108 Å². The molecular weight excluding hydrogens is 492 g/mol. The molecule has 0 nitrogen and oxygen atoms in total. The van der Waals surface area contributed by atoms with Crippen molar-refractivity contribution in [3.8, 4) is 0 Å². The van der Waals surface area contributed by atoms with Crippen LogP contribution in [0.3, 0.4) is 0 Å². The molecule has 0 bridgehead atoms. The molecule has 122 valence electrons. The fraction of sp³-hybridized carbons (Fsp3) is 0.143. The van der Waals surface area contributed by atoms with Gasteiger partial charge in [0.2, 0.25) is 0 Å². The van der Waals surface area contributed by atoms with Crippen LogP contribution in [0.25, 0.3) is 0 Å². The standard InChI is InChI=1S/C21H17Br3/c22-14-17-5-1-3-15(12-17)11-16-4-2-6-19(13-16)21(24)18-7-9-20(23)10-8-18/h1-10,12-13,21H,11,14H2. The molecule has 0 aliphatic rings. The van der Waals surface area contributed by atoms with Gasteiger partial charge in [-0.25, -0.2) is 0 Å². The molecule has 0 spiro atoms. The Kier molecular flexibility index (Phi) is 6.31. The van der Waals surface area contributed by atoms with Gasteiger partial charge in [0.1, 0.15) is 0 Å². The smallest absolute Gasteiger partial charge is 0.0644 e. The van der Waals surface area contributed by atoms with E-state index in [9.17, 15) is 0 Å². The molecule has 3 heteroatoms. The predicted molar refractivity (Wildman–Crippen MR) is 113 cm³/mol. The summed E-state index contributed by atoms with van der Waals surface area (Å²) < 4.78 is 1.10. The third-order valence-electron chi connectivity index (χ3n) is 3.96. The Labute approximate surface area is 168 Å². The summed E-state index contributed by atoms with van der Waals surface area (Å²) in [5.74, 6) is 0. The molecule has 0 aliphatic carbocycles. The Balaban J connectivity index is 1.81. The fourth-order valence-electron chi connectivity index (χ4n) is 2.74. The highest BCUT2D eigenvalue weighted by molar-refractivity contribution is 9.10. The first-order valence-electron chi connectivity index (χ1n) is 7.78. The van der Waals surface area contributed by atoms with Gasteiger partial charge in [-0.15, -0.1) is 0 Å². The van der Waals surface area contributed by atoms with Crippen LogP contribution in [-0.2, 0) is 11.8 Å². The highest BCUT2D eigenvalue weighted by Gasteiger charge is 2.11. The van der Waals surface area contributed by atoms with Crippen molar-refractivity contribution >= 4 is 47.8 Å². The van der Waals surface area contributed by atoms with Crippen LogP contribution in [0.15, 0.2) is 77.3 Å². The quantitative estimate of drug-likeness (QED) is 0.314. The summed E-state index contributed by atoms with van der Waals surface area (Å²) in [4.78, 5) is 0.208. The number of halogens is 3. The molecule has 24 heavy (non-hydrogen) atoms. The molecule has 1 atom stereocenters. The second-order valence-electron chi connectivity index (χ2n) is 5.79. The monoisotopic (exact) mass is 506 g/mol. The van der Waals surface area contributed by atoms with Gasteiger partial charge in [0, 0.05) is 9.80 Å². The highest BCUT2D eigenvalue weighted by atomic mass is 79.9. The third-order valence-corrected chi connectivity index (χ3v) is 6.19. The molecule has 0 saturated heterocycles. The molecule has 0 aromatic heterocycles. The number of rotatable bonds is 5. The molecule has 3 aromatic rings. The lowest BCUT2D eigenvalue weighted by Gasteiger charge is -2.13. The van der Waals surface area contributed by atoms with Gasteiger partial charge in [0.25, 0.3) is 0 Å². The second kappa shape index (κ2) is 8.46. The largest absolute Gasteiger partial charge is 0.0876 e. The van der Waals surface area contributed by atoms with Crippen molar-refractivity contribution in [3.05, 3.63) is 105 Å². The van der Waals surface area contributed by atoms with E-state index in [1.54, 1.807) is 0 Å². The zero-order valence-corrected chi connectivity index (χ0v) is 17.8. The zero-order chi connectivity index (χ0) is 16.9. The van der Waals surface area contributed by atoms with Crippen molar-refractivity contribution in [2.24, 2.45) is 0 Å². The lowest BCUT2D eigenvalue weighted by Crippen LogP contribution is -1.95. The van der Waals surface area contributed by atoms with Gasteiger partial charge in [-0.3, -0.25) is 0 Å². The molecule has 0 aliphatic heterocycles. The maximum Gasteiger partial charge on any atom is 0.0644 e. The van der Waals surface area contributed by atoms with Gasteiger partial charge < -0.3 is 0 Å². The van der Waals surface area contributed by atoms with E-state index in [0.717, 1.165) is 16.2 Å². The molecular formula is C21H17Br3. The fourth-order valence-corrected chi connectivity index (χ4v) is 3.95. The predicted octanol–water partition coefficient (Wildman–Crippen LogP) is 7.42. The summed E-state index contributed by atoms with van der Waals surface area (Å²) in [6.45, 7) is 0. The molecule has 0 saturated carbocycles. The van der Waals surface area contributed by atoms with Gasteiger partial charge in [-0.2, -0.15) is 0 Å².